The van der Waals surface area contributed by atoms with Crippen molar-refractivity contribution in [2.75, 3.05) is 39.4 Å². The Balaban J connectivity index is 1.72. The van der Waals surface area contributed by atoms with E-state index in [2.05, 4.69) is 24.5 Å². The second-order valence-corrected chi connectivity index (χ2v) is 5.71. The van der Waals surface area contributed by atoms with Gasteiger partial charge in [0.15, 0.2) is 0 Å². The van der Waals surface area contributed by atoms with E-state index >= 15 is 0 Å². The molecule has 5 heteroatoms. The summed E-state index contributed by atoms with van der Waals surface area (Å²) < 4.78 is 5.34. The number of thiol groups is 1. The fourth-order valence-corrected chi connectivity index (χ4v) is 2.86. The molecule has 0 N–H and O–H groups in total. The Labute approximate surface area is 109 Å². The largest absolute Gasteiger partial charge is 0.379 e. The Morgan fingerprint density at radius 3 is 2.76 bits per heavy atom. The molecule has 0 aromatic heterocycles. The van der Waals surface area contributed by atoms with Crippen LogP contribution in [0.4, 0.5) is 0 Å². The summed E-state index contributed by atoms with van der Waals surface area (Å²) in [6.45, 7) is 7.64. The highest BCUT2D eigenvalue weighted by atomic mass is 32.1. The average molecular weight is 258 g/mol. The van der Waals surface area contributed by atoms with Crippen LogP contribution in [0.1, 0.15) is 19.8 Å². The summed E-state index contributed by atoms with van der Waals surface area (Å²) in [6, 6.07) is 0.533. The molecule has 0 aromatic carbocycles. The lowest BCUT2D eigenvalue weighted by atomic mass is 10.2. The molecule has 0 bridgehead atoms. The summed E-state index contributed by atoms with van der Waals surface area (Å²) in [7, 11) is 0. The van der Waals surface area contributed by atoms with E-state index in [0.717, 1.165) is 45.8 Å². The highest BCUT2D eigenvalue weighted by Crippen LogP contribution is 2.17. The van der Waals surface area contributed by atoms with E-state index in [9.17, 15) is 4.79 Å². The van der Waals surface area contributed by atoms with Gasteiger partial charge in [0, 0.05) is 43.9 Å². The SMILES string of the molecule is CC(CCN1CC(S)CC1=O)N1CCOCC1. The van der Waals surface area contributed by atoms with Gasteiger partial charge in [-0.3, -0.25) is 9.69 Å². The number of hydrogen-bond donors (Lipinski definition) is 1. The number of carbonyl (C=O) groups excluding carboxylic acids is 1. The lowest BCUT2D eigenvalue weighted by Gasteiger charge is -2.33. The molecule has 4 nitrogen and oxygen atoms in total. The Bertz CT molecular complexity index is 269. The number of carbonyl (C=O) groups is 1. The standard InChI is InChI=1S/C12H22N2O2S/c1-10(13-4-6-16-7-5-13)2-3-14-9-11(17)8-12(14)15/h10-11,17H,2-9H2,1H3. The Morgan fingerprint density at radius 1 is 1.47 bits per heavy atom. The summed E-state index contributed by atoms with van der Waals surface area (Å²) in [5, 5.41) is 0.237. The normalized spacial score (nSPS) is 28.7. The zero-order chi connectivity index (χ0) is 12.3. The molecule has 2 unspecified atom stereocenters. The van der Waals surface area contributed by atoms with Crippen LogP contribution in [0.3, 0.4) is 0 Å². The highest BCUT2D eigenvalue weighted by Gasteiger charge is 2.27. The van der Waals surface area contributed by atoms with Crippen molar-refractivity contribution in [3.8, 4) is 0 Å². The molecule has 98 valence electrons. The first-order valence-corrected chi connectivity index (χ1v) is 6.96. The molecule has 0 spiro atoms. The van der Waals surface area contributed by atoms with E-state index in [1.54, 1.807) is 0 Å². The Kier molecular flexibility index (Phi) is 4.70. The Hall–Kier alpha value is -0.260. The first kappa shape index (κ1) is 13.2. The predicted molar refractivity (Wildman–Crippen MR) is 70.4 cm³/mol. The lowest BCUT2D eigenvalue weighted by molar-refractivity contribution is -0.127. The van der Waals surface area contributed by atoms with Crippen LogP contribution in [0, 0.1) is 0 Å². The highest BCUT2D eigenvalue weighted by molar-refractivity contribution is 7.81. The van der Waals surface area contributed by atoms with Crippen molar-refractivity contribution in [3.63, 3.8) is 0 Å². The smallest absolute Gasteiger partial charge is 0.223 e. The molecule has 1 amide bonds. The van der Waals surface area contributed by atoms with Gasteiger partial charge in [-0.1, -0.05) is 0 Å². The molecular weight excluding hydrogens is 236 g/mol. The van der Waals surface area contributed by atoms with Gasteiger partial charge in [-0.05, 0) is 13.3 Å². The quantitative estimate of drug-likeness (QED) is 0.751. The topological polar surface area (TPSA) is 32.8 Å². The van der Waals surface area contributed by atoms with Crippen LogP contribution >= 0.6 is 12.6 Å². The maximum absolute atomic E-state index is 11.6. The summed E-state index contributed by atoms with van der Waals surface area (Å²) >= 11 is 4.37. The molecule has 17 heavy (non-hydrogen) atoms. The van der Waals surface area contributed by atoms with Crippen molar-refractivity contribution in [3.05, 3.63) is 0 Å². The van der Waals surface area contributed by atoms with Crippen molar-refractivity contribution in [2.24, 2.45) is 0 Å². The number of hydrogen-bond acceptors (Lipinski definition) is 4. The van der Waals surface area contributed by atoms with Crippen LogP contribution < -0.4 is 0 Å². The molecule has 0 aliphatic carbocycles. The molecule has 2 aliphatic rings. The summed E-state index contributed by atoms with van der Waals surface area (Å²) in [4.78, 5) is 16.0. The van der Waals surface area contributed by atoms with Gasteiger partial charge in [-0.2, -0.15) is 12.6 Å². The van der Waals surface area contributed by atoms with Crippen molar-refractivity contribution < 1.29 is 9.53 Å². The molecule has 2 heterocycles. The molecule has 2 rings (SSSR count). The van der Waals surface area contributed by atoms with Gasteiger partial charge in [-0.25, -0.2) is 0 Å². The predicted octanol–water partition coefficient (Wildman–Crippen LogP) is 0.628. The van der Waals surface area contributed by atoms with Crippen LogP contribution in [0.5, 0.6) is 0 Å². The van der Waals surface area contributed by atoms with Gasteiger partial charge in [-0.15, -0.1) is 0 Å². The van der Waals surface area contributed by atoms with E-state index in [1.807, 2.05) is 4.90 Å². The van der Waals surface area contributed by atoms with Crippen LogP contribution in [0.25, 0.3) is 0 Å². The molecule has 2 fully saturated rings. The minimum absolute atomic E-state index is 0.237. The molecule has 2 atom stereocenters. The van der Waals surface area contributed by atoms with E-state index in [4.69, 9.17) is 4.74 Å². The number of morpholine rings is 1. The van der Waals surface area contributed by atoms with Crippen molar-refractivity contribution in [1.82, 2.24) is 9.80 Å². The maximum Gasteiger partial charge on any atom is 0.223 e. The number of nitrogens with zero attached hydrogens (tertiary/aromatic N) is 2. The summed E-state index contributed by atoms with van der Waals surface area (Å²) in [5.41, 5.74) is 0. The van der Waals surface area contributed by atoms with Gasteiger partial charge in [0.25, 0.3) is 0 Å². The number of amides is 1. The molecule has 0 radical (unpaired) electrons. The van der Waals surface area contributed by atoms with Crippen molar-refractivity contribution in [2.45, 2.75) is 31.1 Å². The molecule has 0 saturated carbocycles. The zero-order valence-electron chi connectivity index (χ0n) is 10.5. The molecule has 2 saturated heterocycles. The second-order valence-electron chi connectivity index (χ2n) is 4.98. The van der Waals surface area contributed by atoms with Gasteiger partial charge in [0.1, 0.15) is 0 Å². The second kappa shape index (κ2) is 6.07. The third-order valence-electron chi connectivity index (χ3n) is 3.68. The fraction of sp³-hybridized carbons (Fsp3) is 0.917. The van der Waals surface area contributed by atoms with E-state index in [-0.39, 0.29) is 11.2 Å². The van der Waals surface area contributed by atoms with E-state index in [1.165, 1.54) is 0 Å². The molecule has 0 aromatic rings. The first-order valence-electron chi connectivity index (χ1n) is 6.44. The fourth-order valence-electron chi connectivity index (χ4n) is 2.51. The number of likely N-dealkylation sites (tertiary alicyclic amines) is 1. The monoisotopic (exact) mass is 258 g/mol. The van der Waals surface area contributed by atoms with E-state index < -0.39 is 0 Å². The minimum Gasteiger partial charge on any atom is -0.379 e. The van der Waals surface area contributed by atoms with Gasteiger partial charge < -0.3 is 9.64 Å². The minimum atomic E-state index is 0.237. The third kappa shape index (κ3) is 3.60. The van der Waals surface area contributed by atoms with Gasteiger partial charge in [0.2, 0.25) is 5.91 Å². The first-order chi connectivity index (χ1) is 8.16. The van der Waals surface area contributed by atoms with Gasteiger partial charge >= 0.3 is 0 Å². The summed E-state index contributed by atoms with van der Waals surface area (Å²) in [5.74, 6) is 0.263. The average Bonchev–Trinajstić information content (AvgIpc) is 2.66. The number of ether oxygens (including phenoxy) is 1. The molecular formula is C12H22N2O2S. The van der Waals surface area contributed by atoms with Crippen LogP contribution in [-0.2, 0) is 9.53 Å². The third-order valence-corrected chi connectivity index (χ3v) is 4.03. The van der Waals surface area contributed by atoms with Crippen LogP contribution in [0.2, 0.25) is 0 Å². The summed E-state index contributed by atoms with van der Waals surface area (Å²) in [6.07, 6.45) is 1.65. The van der Waals surface area contributed by atoms with Crippen molar-refractivity contribution >= 4 is 18.5 Å². The zero-order valence-corrected chi connectivity index (χ0v) is 11.4. The molecule has 2 aliphatic heterocycles. The van der Waals surface area contributed by atoms with Crippen LogP contribution in [-0.4, -0.2) is 66.4 Å². The van der Waals surface area contributed by atoms with Crippen LogP contribution in [0.15, 0.2) is 0 Å². The lowest BCUT2D eigenvalue weighted by Crippen LogP contribution is -2.43. The van der Waals surface area contributed by atoms with E-state index in [0.29, 0.717) is 12.5 Å². The van der Waals surface area contributed by atoms with Crippen molar-refractivity contribution in [1.29, 1.82) is 0 Å². The Morgan fingerprint density at radius 2 is 2.18 bits per heavy atom. The van der Waals surface area contributed by atoms with Gasteiger partial charge in [0.05, 0.1) is 13.2 Å². The number of rotatable bonds is 4. The maximum atomic E-state index is 11.6.